The van der Waals surface area contributed by atoms with Crippen molar-refractivity contribution in [3.05, 3.63) is 101 Å². The van der Waals surface area contributed by atoms with E-state index in [1.165, 1.54) is 0 Å². The molecule has 4 heteroatoms. The Bertz CT molecular complexity index is 900. The summed E-state index contributed by atoms with van der Waals surface area (Å²) in [5, 5.41) is 12.6. The van der Waals surface area contributed by atoms with Gasteiger partial charge in [0, 0.05) is 6.54 Å². The Labute approximate surface area is 190 Å². The molecular weight excluding hydrogens is 406 g/mol. The molecule has 0 amide bonds. The van der Waals surface area contributed by atoms with Crippen LogP contribution in [0.3, 0.4) is 0 Å². The minimum Gasteiger partial charge on any atom is -0.492 e. The van der Waals surface area contributed by atoms with Crippen molar-refractivity contribution in [2.24, 2.45) is 5.92 Å². The zero-order valence-corrected chi connectivity index (χ0v) is 18.5. The Kier molecular flexibility index (Phi) is 7.29. The van der Waals surface area contributed by atoms with E-state index in [2.05, 4.69) is 4.90 Å². The van der Waals surface area contributed by atoms with Crippen molar-refractivity contribution in [3.8, 4) is 5.75 Å². The van der Waals surface area contributed by atoms with Crippen molar-refractivity contribution in [3.63, 3.8) is 0 Å². The van der Waals surface area contributed by atoms with E-state index < -0.39 is 5.60 Å². The molecule has 0 saturated carbocycles. The third-order valence-electron chi connectivity index (χ3n) is 6.32. The molecule has 0 aromatic heterocycles. The molecule has 1 aliphatic heterocycles. The second-order valence-corrected chi connectivity index (χ2v) is 8.65. The molecule has 1 heterocycles. The van der Waals surface area contributed by atoms with E-state index in [9.17, 15) is 5.11 Å². The molecular formula is C27H30ClNO2. The molecule has 1 N–H and O–H groups in total. The lowest BCUT2D eigenvalue weighted by Gasteiger charge is -2.42. The van der Waals surface area contributed by atoms with E-state index in [0.29, 0.717) is 11.6 Å². The van der Waals surface area contributed by atoms with Crippen LogP contribution in [0.2, 0.25) is 5.02 Å². The number of aliphatic hydroxyl groups is 1. The molecule has 4 rings (SSSR count). The third-order valence-corrected chi connectivity index (χ3v) is 6.63. The van der Waals surface area contributed by atoms with Gasteiger partial charge in [-0.1, -0.05) is 84.4 Å². The SMILES string of the molecule is OC(c1ccccc1)(c1ccccc1)C1CCN(CCCOc2ccccc2Cl)CC1. The van der Waals surface area contributed by atoms with E-state index >= 15 is 0 Å². The highest BCUT2D eigenvalue weighted by Gasteiger charge is 2.41. The number of hydrogen-bond acceptors (Lipinski definition) is 3. The molecule has 0 aliphatic carbocycles. The van der Waals surface area contributed by atoms with Crippen LogP contribution >= 0.6 is 11.6 Å². The summed E-state index contributed by atoms with van der Waals surface area (Å²) in [7, 11) is 0. The monoisotopic (exact) mass is 435 g/mol. The molecule has 3 nitrogen and oxygen atoms in total. The number of nitrogens with zero attached hydrogens (tertiary/aromatic N) is 1. The Balaban J connectivity index is 1.35. The Morgan fingerprint density at radius 3 is 1.97 bits per heavy atom. The van der Waals surface area contributed by atoms with Gasteiger partial charge in [0.05, 0.1) is 11.6 Å². The number of rotatable bonds is 8. The lowest BCUT2D eigenvalue weighted by atomic mass is 9.72. The smallest absolute Gasteiger partial charge is 0.137 e. The van der Waals surface area contributed by atoms with Crippen LogP contribution in [0.25, 0.3) is 0 Å². The van der Waals surface area contributed by atoms with Crippen LogP contribution in [0.4, 0.5) is 0 Å². The predicted molar refractivity (Wildman–Crippen MR) is 127 cm³/mol. The molecule has 1 fully saturated rings. The largest absolute Gasteiger partial charge is 0.492 e. The Morgan fingerprint density at radius 2 is 1.39 bits per heavy atom. The van der Waals surface area contributed by atoms with Gasteiger partial charge in [-0.25, -0.2) is 0 Å². The Hall–Kier alpha value is -2.33. The van der Waals surface area contributed by atoms with Crippen molar-refractivity contribution >= 4 is 11.6 Å². The molecule has 0 unspecified atom stereocenters. The highest BCUT2D eigenvalue weighted by atomic mass is 35.5. The van der Waals surface area contributed by atoms with Gasteiger partial charge in [0.25, 0.3) is 0 Å². The number of ether oxygens (including phenoxy) is 1. The zero-order chi connectivity index (χ0) is 21.5. The summed E-state index contributed by atoms with van der Waals surface area (Å²) in [5.74, 6) is 0.937. The van der Waals surface area contributed by atoms with Gasteiger partial charge in [0.2, 0.25) is 0 Å². The molecule has 31 heavy (non-hydrogen) atoms. The molecule has 0 bridgehead atoms. The normalized spacial score (nSPS) is 15.7. The molecule has 0 atom stereocenters. The number of piperidine rings is 1. The third kappa shape index (κ3) is 5.12. The first kappa shape index (κ1) is 21.9. The predicted octanol–water partition coefficient (Wildman–Crippen LogP) is 5.76. The quantitative estimate of drug-likeness (QED) is 0.457. The van der Waals surface area contributed by atoms with Gasteiger partial charge >= 0.3 is 0 Å². The van der Waals surface area contributed by atoms with E-state index in [4.69, 9.17) is 16.3 Å². The second kappa shape index (κ2) is 10.3. The van der Waals surface area contributed by atoms with Gasteiger partial charge in [0.1, 0.15) is 11.4 Å². The van der Waals surface area contributed by atoms with Crippen LogP contribution in [0, 0.1) is 5.92 Å². The summed E-state index contributed by atoms with van der Waals surface area (Å²) in [6, 6.07) is 27.8. The maximum Gasteiger partial charge on any atom is 0.137 e. The van der Waals surface area contributed by atoms with E-state index in [-0.39, 0.29) is 5.92 Å². The maximum absolute atomic E-state index is 12.0. The van der Waals surface area contributed by atoms with E-state index in [1.54, 1.807) is 0 Å². The fourth-order valence-electron chi connectivity index (χ4n) is 4.63. The average molecular weight is 436 g/mol. The fourth-order valence-corrected chi connectivity index (χ4v) is 4.82. The van der Waals surface area contributed by atoms with Crippen molar-refractivity contribution in [2.75, 3.05) is 26.2 Å². The van der Waals surface area contributed by atoms with Crippen LogP contribution < -0.4 is 4.74 Å². The zero-order valence-electron chi connectivity index (χ0n) is 17.8. The van der Waals surface area contributed by atoms with E-state index in [0.717, 1.165) is 55.8 Å². The van der Waals surface area contributed by atoms with Gasteiger partial charge in [-0.15, -0.1) is 0 Å². The molecule has 1 saturated heterocycles. The first-order valence-corrected chi connectivity index (χ1v) is 11.5. The Morgan fingerprint density at radius 1 is 0.839 bits per heavy atom. The topological polar surface area (TPSA) is 32.7 Å². The van der Waals surface area contributed by atoms with Crippen LogP contribution in [0.15, 0.2) is 84.9 Å². The summed E-state index contributed by atoms with van der Waals surface area (Å²) in [6.45, 7) is 3.62. The van der Waals surface area contributed by atoms with Crippen molar-refractivity contribution in [1.29, 1.82) is 0 Å². The van der Waals surface area contributed by atoms with Crippen molar-refractivity contribution in [2.45, 2.75) is 24.9 Å². The standard InChI is InChI=1S/C27H30ClNO2/c28-25-14-7-8-15-26(25)31-21-9-18-29-19-16-24(17-20-29)27(30,22-10-3-1-4-11-22)23-12-5-2-6-13-23/h1-8,10-15,24,30H,9,16-21H2. The first-order chi connectivity index (χ1) is 15.2. The van der Waals surface area contributed by atoms with Crippen molar-refractivity contribution < 1.29 is 9.84 Å². The van der Waals surface area contributed by atoms with Gasteiger partial charge in [-0.05, 0) is 61.5 Å². The molecule has 3 aromatic carbocycles. The first-order valence-electron chi connectivity index (χ1n) is 11.1. The molecule has 162 valence electrons. The molecule has 3 aromatic rings. The van der Waals surface area contributed by atoms with Crippen LogP contribution in [0.5, 0.6) is 5.75 Å². The minimum absolute atomic E-state index is 0.188. The summed E-state index contributed by atoms with van der Waals surface area (Å²) >= 11 is 6.15. The summed E-state index contributed by atoms with van der Waals surface area (Å²) in [5.41, 5.74) is 1.00. The number of hydrogen-bond donors (Lipinski definition) is 1. The maximum atomic E-state index is 12.0. The summed E-state index contributed by atoms with van der Waals surface area (Å²) < 4.78 is 5.82. The van der Waals surface area contributed by atoms with Crippen LogP contribution in [-0.2, 0) is 5.60 Å². The molecule has 0 spiro atoms. The summed E-state index contributed by atoms with van der Waals surface area (Å²) in [6.07, 6.45) is 2.88. The molecule has 0 radical (unpaired) electrons. The van der Waals surface area contributed by atoms with Crippen molar-refractivity contribution in [1.82, 2.24) is 4.90 Å². The van der Waals surface area contributed by atoms with Crippen LogP contribution in [0.1, 0.15) is 30.4 Å². The fraction of sp³-hybridized carbons (Fsp3) is 0.333. The highest BCUT2D eigenvalue weighted by molar-refractivity contribution is 6.32. The van der Waals surface area contributed by atoms with Gasteiger partial charge in [0.15, 0.2) is 0 Å². The highest BCUT2D eigenvalue weighted by Crippen LogP contribution is 2.41. The lowest BCUT2D eigenvalue weighted by molar-refractivity contribution is -0.0146. The van der Waals surface area contributed by atoms with Gasteiger partial charge < -0.3 is 14.7 Å². The van der Waals surface area contributed by atoms with Gasteiger partial charge in [-0.2, -0.15) is 0 Å². The van der Waals surface area contributed by atoms with Crippen LogP contribution in [-0.4, -0.2) is 36.2 Å². The number of benzene rings is 3. The summed E-state index contributed by atoms with van der Waals surface area (Å²) in [4.78, 5) is 2.48. The number of likely N-dealkylation sites (tertiary alicyclic amines) is 1. The minimum atomic E-state index is -0.957. The number of halogens is 1. The van der Waals surface area contributed by atoms with E-state index in [1.807, 2.05) is 84.9 Å². The number of para-hydroxylation sites is 1. The molecule has 1 aliphatic rings. The average Bonchev–Trinajstić information content (AvgIpc) is 2.84. The second-order valence-electron chi connectivity index (χ2n) is 8.25. The van der Waals surface area contributed by atoms with Gasteiger partial charge in [-0.3, -0.25) is 0 Å². The lowest BCUT2D eigenvalue weighted by Crippen LogP contribution is -2.44.